The maximum atomic E-state index is 6.01. The SMILES string of the molecule is CCCOc1cc(N)cc(N(CC)C(C)CN(C)C)c1. The number of nitrogens with two attached hydrogens (primary N) is 1. The van der Waals surface area contributed by atoms with Crippen molar-refractivity contribution in [3.8, 4) is 5.75 Å². The lowest BCUT2D eigenvalue weighted by atomic mass is 10.2. The molecular weight excluding hydrogens is 250 g/mol. The number of nitrogen functional groups attached to an aromatic ring is 1. The van der Waals surface area contributed by atoms with Crippen LogP contribution < -0.4 is 15.4 Å². The van der Waals surface area contributed by atoms with Crippen molar-refractivity contribution in [2.45, 2.75) is 33.2 Å². The van der Waals surface area contributed by atoms with Crippen LogP contribution in [-0.2, 0) is 0 Å². The number of ether oxygens (including phenoxy) is 1. The molecule has 0 aliphatic rings. The highest BCUT2D eigenvalue weighted by Gasteiger charge is 2.15. The van der Waals surface area contributed by atoms with E-state index in [1.807, 2.05) is 12.1 Å². The molecule has 2 N–H and O–H groups in total. The summed E-state index contributed by atoms with van der Waals surface area (Å²) in [7, 11) is 4.19. The van der Waals surface area contributed by atoms with Gasteiger partial charge in [-0.2, -0.15) is 0 Å². The number of benzene rings is 1. The fraction of sp³-hybridized carbons (Fsp3) is 0.625. The summed E-state index contributed by atoms with van der Waals surface area (Å²) >= 11 is 0. The monoisotopic (exact) mass is 279 g/mol. The van der Waals surface area contributed by atoms with Crippen LogP contribution in [-0.4, -0.2) is 44.7 Å². The van der Waals surface area contributed by atoms with Gasteiger partial charge in [0.05, 0.1) is 6.61 Å². The molecule has 114 valence electrons. The van der Waals surface area contributed by atoms with E-state index < -0.39 is 0 Å². The molecule has 0 heterocycles. The smallest absolute Gasteiger partial charge is 0.123 e. The minimum atomic E-state index is 0.427. The number of anilines is 2. The molecule has 0 saturated heterocycles. The van der Waals surface area contributed by atoms with Gasteiger partial charge >= 0.3 is 0 Å². The lowest BCUT2D eigenvalue weighted by molar-refractivity contribution is 0.317. The second-order valence-electron chi connectivity index (χ2n) is 5.51. The van der Waals surface area contributed by atoms with Crippen molar-refractivity contribution < 1.29 is 4.74 Å². The topological polar surface area (TPSA) is 41.7 Å². The van der Waals surface area contributed by atoms with Crippen LogP contribution in [0.3, 0.4) is 0 Å². The standard InChI is InChI=1S/C16H29N3O/c1-6-8-20-16-10-14(17)9-15(11-16)19(7-2)13(3)12-18(4)5/h9-11,13H,6-8,12,17H2,1-5H3. The fourth-order valence-electron chi connectivity index (χ4n) is 2.45. The number of nitrogens with zero attached hydrogens (tertiary/aromatic N) is 2. The maximum absolute atomic E-state index is 6.01. The van der Waals surface area contributed by atoms with E-state index in [9.17, 15) is 0 Å². The molecule has 0 aliphatic carbocycles. The van der Waals surface area contributed by atoms with Crippen LogP contribution in [0, 0.1) is 0 Å². The molecule has 4 nitrogen and oxygen atoms in total. The Labute approximate surface area is 123 Å². The molecule has 4 heteroatoms. The summed E-state index contributed by atoms with van der Waals surface area (Å²) < 4.78 is 5.72. The van der Waals surface area contributed by atoms with Gasteiger partial charge in [0.15, 0.2) is 0 Å². The van der Waals surface area contributed by atoms with Gasteiger partial charge in [0.25, 0.3) is 0 Å². The van der Waals surface area contributed by atoms with Crippen LogP contribution in [0.15, 0.2) is 18.2 Å². The molecule has 0 fully saturated rings. The molecule has 0 spiro atoms. The number of hydrogen-bond donors (Lipinski definition) is 1. The second-order valence-corrected chi connectivity index (χ2v) is 5.51. The average Bonchev–Trinajstić information content (AvgIpc) is 2.35. The van der Waals surface area contributed by atoms with Gasteiger partial charge in [-0.3, -0.25) is 0 Å². The summed E-state index contributed by atoms with van der Waals surface area (Å²) in [5, 5.41) is 0. The highest BCUT2D eigenvalue weighted by Crippen LogP contribution is 2.27. The van der Waals surface area contributed by atoms with Crippen molar-refractivity contribution in [2.24, 2.45) is 0 Å². The second kappa shape index (κ2) is 8.00. The van der Waals surface area contributed by atoms with Crippen molar-refractivity contribution in [3.63, 3.8) is 0 Å². The van der Waals surface area contributed by atoms with E-state index >= 15 is 0 Å². The van der Waals surface area contributed by atoms with Crippen molar-refractivity contribution in [1.29, 1.82) is 0 Å². The first-order chi connectivity index (χ1) is 9.47. The van der Waals surface area contributed by atoms with Crippen molar-refractivity contribution in [2.75, 3.05) is 44.4 Å². The minimum absolute atomic E-state index is 0.427. The summed E-state index contributed by atoms with van der Waals surface area (Å²) in [6, 6.07) is 6.43. The van der Waals surface area contributed by atoms with Crippen LogP contribution in [0.1, 0.15) is 27.2 Å². The van der Waals surface area contributed by atoms with Gasteiger partial charge in [0.2, 0.25) is 0 Å². The van der Waals surface area contributed by atoms with Crippen molar-refractivity contribution in [1.82, 2.24) is 4.90 Å². The third kappa shape index (κ3) is 4.93. The van der Waals surface area contributed by atoms with E-state index in [4.69, 9.17) is 10.5 Å². The first kappa shape index (κ1) is 16.6. The first-order valence-electron chi connectivity index (χ1n) is 7.42. The molecule has 1 aromatic carbocycles. The lowest BCUT2D eigenvalue weighted by Crippen LogP contribution is -2.40. The predicted molar refractivity (Wildman–Crippen MR) is 87.7 cm³/mol. The normalized spacial score (nSPS) is 12.5. The third-order valence-corrected chi connectivity index (χ3v) is 3.22. The number of likely N-dealkylation sites (N-methyl/N-ethyl adjacent to an activating group) is 2. The summed E-state index contributed by atoms with van der Waals surface area (Å²) in [6.07, 6.45) is 0.999. The minimum Gasteiger partial charge on any atom is -0.493 e. The molecule has 0 saturated carbocycles. The highest BCUT2D eigenvalue weighted by molar-refractivity contribution is 5.61. The Hall–Kier alpha value is -1.42. The van der Waals surface area contributed by atoms with E-state index in [1.54, 1.807) is 0 Å². The van der Waals surface area contributed by atoms with Gasteiger partial charge in [-0.25, -0.2) is 0 Å². The lowest BCUT2D eigenvalue weighted by Gasteiger charge is -2.32. The molecule has 0 aliphatic heterocycles. The van der Waals surface area contributed by atoms with E-state index in [0.29, 0.717) is 6.04 Å². The Morgan fingerprint density at radius 1 is 1.20 bits per heavy atom. The Morgan fingerprint density at radius 2 is 1.90 bits per heavy atom. The van der Waals surface area contributed by atoms with Crippen LogP contribution in [0.5, 0.6) is 5.75 Å². The quantitative estimate of drug-likeness (QED) is 0.743. The average molecular weight is 279 g/mol. The van der Waals surface area contributed by atoms with E-state index in [1.165, 1.54) is 0 Å². The van der Waals surface area contributed by atoms with Gasteiger partial charge in [-0.1, -0.05) is 6.92 Å². The van der Waals surface area contributed by atoms with E-state index in [2.05, 4.69) is 50.7 Å². The largest absolute Gasteiger partial charge is 0.493 e. The molecule has 1 atom stereocenters. The predicted octanol–water partition coefficient (Wildman–Crippen LogP) is 2.83. The summed E-state index contributed by atoms with van der Waals surface area (Å²) in [4.78, 5) is 4.56. The molecule has 1 aromatic rings. The Kier molecular flexibility index (Phi) is 6.65. The van der Waals surface area contributed by atoms with Crippen LogP contribution in [0.25, 0.3) is 0 Å². The van der Waals surface area contributed by atoms with Crippen molar-refractivity contribution in [3.05, 3.63) is 18.2 Å². The Balaban J connectivity index is 2.93. The fourth-order valence-corrected chi connectivity index (χ4v) is 2.45. The van der Waals surface area contributed by atoms with Crippen molar-refractivity contribution >= 4 is 11.4 Å². The summed E-state index contributed by atoms with van der Waals surface area (Å²) in [6.45, 7) is 9.19. The molecule has 0 radical (unpaired) electrons. The Bertz CT molecular complexity index is 407. The van der Waals surface area contributed by atoms with Gasteiger partial charge in [0, 0.05) is 42.6 Å². The molecule has 20 heavy (non-hydrogen) atoms. The zero-order valence-electron chi connectivity index (χ0n) is 13.5. The molecule has 1 rings (SSSR count). The third-order valence-electron chi connectivity index (χ3n) is 3.22. The molecule has 0 amide bonds. The zero-order valence-corrected chi connectivity index (χ0v) is 13.5. The number of rotatable bonds is 8. The Morgan fingerprint density at radius 3 is 2.45 bits per heavy atom. The van der Waals surface area contributed by atoms with Gasteiger partial charge in [-0.15, -0.1) is 0 Å². The van der Waals surface area contributed by atoms with E-state index in [0.717, 1.165) is 43.2 Å². The number of hydrogen-bond acceptors (Lipinski definition) is 4. The molecule has 1 unspecified atom stereocenters. The van der Waals surface area contributed by atoms with Gasteiger partial charge in [0.1, 0.15) is 5.75 Å². The molecule has 0 bridgehead atoms. The van der Waals surface area contributed by atoms with Crippen LogP contribution >= 0.6 is 0 Å². The zero-order chi connectivity index (χ0) is 15.1. The highest BCUT2D eigenvalue weighted by atomic mass is 16.5. The molecule has 0 aromatic heterocycles. The summed E-state index contributed by atoms with van der Waals surface area (Å²) in [5.74, 6) is 0.859. The van der Waals surface area contributed by atoms with Crippen LogP contribution in [0.2, 0.25) is 0 Å². The maximum Gasteiger partial charge on any atom is 0.123 e. The first-order valence-corrected chi connectivity index (χ1v) is 7.42. The van der Waals surface area contributed by atoms with Gasteiger partial charge in [-0.05, 0) is 40.4 Å². The summed E-state index contributed by atoms with van der Waals surface area (Å²) in [5.41, 5.74) is 7.89. The van der Waals surface area contributed by atoms with Gasteiger partial charge < -0.3 is 20.3 Å². The van der Waals surface area contributed by atoms with E-state index in [-0.39, 0.29) is 0 Å². The molecular formula is C16H29N3O. The van der Waals surface area contributed by atoms with Crippen LogP contribution in [0.4, 0.5) is 11.4 Å².